The van der Waals surface area contributed by atoms with Crippen molar-refractivity contribution in [2.75, 3.05) is 25.2 Å². The maximum absolute atomic E-state index is 12.6. The van der Waals surface area contributed by atoms with E-state index in [1.54, 1.807) is 24.3 Å². The van der Waals surface area contributed by atoms with E-state index in [-0.39, 0.29) is 24.1 Å². The van der Waals surface area contributed by atoms with E-state index in [0.717, 1.165) is 23.9 Å². The highest BCUT2D eigenvalue weighted by atomic mass is 32.2. The molecule has 0 fully saturated rings. The summed E-state index contributed by atoms with van der Waals surface area (Å²) in [4.78, 5) is 26.2. The predicted molar refractivity (Wildman–Crippen MR) is 106 cm³/mol. The van der Waals surface area contributed by atoms with Crippen molar-refractivity contribution in [3.63, 3.8) is 0 Å². The molecule has 2 aromatic carbocycles. The van der Waals surface area contributed by atoms with Crippen LogP contribution >= 0.6 is 0 Å². The van der Waals surface area contributed by atoms with Crippen LogP contribution in [0.4, 0.5) is 5.69 Å². The predicted octanol–water partition coefficient (Wildman–Crippen LogP) is 2.50. The van der Waals surface area contributed by atoms with E-state index < -0.39 is 9.84 Å². The number of carbonyl (C=O) groups excluding carboxylic acids is 2. The largest absolute Gasteiger partial charge is 0.332 e. The summed E-state index contributed by atoms with van der Waals surface area (Å²) in [5.74, 6) is -0.769. The molecule has 144 valence electrons. The van der Waals surface area contributed by atoms with E-state index >= 15 is 0 Å². The van der Waals surface area contributed by atoms with Gasteiger partial charge in [0, 0.05) is 24.6 Å². The molecule has 0 aliphatic carbocycles. The second kappa shape index (κ2) is 8.81. The first kappa shape index (κ1) is 20.6. The normalized spacial score (nSPS) is 11.1. The van der Waals surface area contributed by atoms with Crippen LogP contribution in [0, 0.1) is 0 Å². The average Bonchev–Trinajstić information content (AvgIpc) is 2.60. The van der Waals surface area contributed by atoms with Gasteiger partial charge in [-0.25, -0.2) is 8.42 Å². The van der Waals surface area contributed by atoms with Crippen molar-refractivity contribution in [2.24, 2.45) is 0 Å². The van der Waals surface area contributed by atoms with Crippen molar-refractivity contribution in [3.05, 3.63) is 65.2 Å². The number of nitrogens with one attached hydrogen (secondary N) is 1. The summed E-state index contributed by atoms with van der Waals surface area (Å²) in [5, 5.41) is 2.83. The number of sulfone groups is 1. The van der Waals surface area contributed by atoms with Crippen LogP contribution in [-0.4, -0.2) is 45.0 Å². The summed E-state index contributed by atoms with van der Waals surface area (Å²) in [6, 6.07) is 14.0. The second-order valence-corrected chi connectivity index (χ2v) is 8.63. The topological polar surface area (TPSA) is 83.6 Å². The van der Waals surface area contributed by atoms with Crippen LogP contribution in [0.3, 0.4) is 0 Å². The second-order valence-electron chi connectivity index (χ2n) is 6.49. The van der Waals surface area contributed by atoms with Crippen LogP contribution < -0.4 is 5.32 Å². The van der Waals surface area contributed by atoms with Gasteiger partial charge in [0.1, 0.15) is 0 Å². The first-order chi connectivity index (χ1) is 12.7. The van der Waals surface area contributed by atoms with Crippen molar-refractivity contribution in [3.8, 4) is 0 Å². The number of likely N-dealkylation sites (N-methyl/N-ethyl adjacent to an activating group) is 1. The van der Waals surface area contributed by atoms with Crippen LogP contribution in [0.2, 0.25) is 0 Å². The molecular weight excluding hydrogens is 364 g/mol. The summed E-state index contributed by atoms with van der Waals surface area (Å²) in [6.07, 6.45) is 1.93. The molecule has 0 aromatic heterocycles. The molecule has 0 saturated carbocycles. The van der Waals surface area contributed by atoms with Gasteiger partial charge in [-0.15, -0.1) is 0 Å². The van der Waals surface area contributed by atoms with Crippen LogP contribution in [0.15, 0.2) is 48.5 Å². The SMILES string of the molecule is CCc1ccccc1NC(=O)CN(C)C(=O)c1cccc(CS(C)(=O)=O)c1. The highest BCUT2D eigenvalue weighted by Gasteiger charge is 2.16. The van der Waals surface area contributed by atoms with Gasteiger partial charge >= 0.3 is 0 Å². The molecule has 7 heteroatoms. The highest BCUT2D eigenvalue weighted by Crippen LogP contribution is 2.15. The zero-order valence-electron chi connectivity index (χ0n) is 15.7. The Morgan fingerprint density at radius 1 is 1.07 bits per heavy atom. The van der Waals surface area contributed by atoms with Gasteiger partial charge in [-0.2, -0.15) is 0 Å². The number of anilines is 1. The van der Waals surface area contributed by atoms with E-state index in [1.165, 1.54) is 11.9 Å². The number of carbonyl (C=O) groups is 2. The highest BCUT2D eigenvalue weighted by molar-refractivity contribution is 7.89. The lowest BCUT2D eigenvalue weighted by Crippen LogP contribution is -2.35. The van der Waals surface area contributed by atoms with Gasteiger partial charge in [-0.1, -0.05) is 37.3 Å². The Labute approximate surface area is 160 Å². The van der Waals surface area contributed by atoms with E-state index in [9.17, 15) is 18.0 Å². The Bertz CT molecular complexity index is 939. The number of aryl methyl sites for hydroxylation is 1. The molecule has 2 rings (SSSR count). The molecule has 0 unspecified atom stereocenters. The Morgan fingerprint density at radius 2 is 1.78 bits per heavy atom. The zero-order chi connectivity index (χ0) is 20.0. The molecular formula is C20H24N2O4S. The Hall–Kier alpha value is -2.67. The summed E-state index contributed by atoms with van der Waals surface area (Å²) in [7, 11) is -1.65. The van der Waals surface area contributed by atoms with Crippen LogP contribution in [0.25, 0.3) is 0 Å². The minimum atomic E-state index is -3.19. The first-order valence-corrected chi connectivity index (χ1v) is 10.7. The summed E-state index contributed by atoms with van der Waals surface area (Å²) in [6.45, 7) is 1.90. The van der Waals surface area contributed by atoms with Crippen molar-refractivity contribution in [1.29, 1.82) is 0 Å². The molecule has 0 radical (unpaired) electrons. The lowest BCUT2D eigenvalue weighted by atomic mass is 10.1. The average molecular weight is 388 g/mol. The quantitative estimate of drug-likeness (QED) is 0.790. The molecule has 0 saturated heterocycles. The van der Waals surface area contributed by atoms with E-state index in [4.69, 9.17) is 0 Å². The van der Waals surface area contributed by atoms with Gasteiger partial charge in [0.05, 0.1) is 12.3 Å². The smallest absolute Gasteiger partial charge is 0.254 e. The fourth-order valence-corrected chi connectivity index (χ4v) is 3.53. The molecule has 6 nitrogen and oxygen atoms in total. The minimum Gasteiger partial charge on any atom is -0.332 e. The molecule has 0 aliphatic heterocycles. The zero-order valence-corrected chi connectivity index (χ0v) is 16.5. The van der Waals surface area contributed by atoms with Gasteiger partial charge in [-0.3, -0.25) is 9.59 Å². The number of benzene rings is 2. The van der Waals surface area contributed by atoms with Crippen molar-refractivity contribution in [1.82, 2.24) is 4.90 Å². The van der Waals surface area contributed by atoms with Crippen molar-refractivity contribution >= 4 is 27.3 Å². The summed E-state index contributed by atoms with van der Waals surface area (Å²) in [5.41, 5.74) is 2.65. The van der Waals surface area contributed by atoms with Gasteiger partial charge < -0.3 is 10.2 Å². The molecule has 27 heavy (non-hydrogen) atoms. The van der Waals surface area contributed by atoms with Gasteiger partial charge in [-0.05, 0) is 35.7 Å². The number of amides is 2. The maximum atomic E-state index is 12.6. The van der Waals surface area contributed by atoms with Crippen molar-refractivity contribution in [2.45, 2.75) is 19.1 Å². The van der Waals surface area contributed by atoms with Crippen LogP contribution in [0.1, 0.15) is 28.4 Å². The Morgan fingerprint density at radius 3 is 2.44 bits per heavy atom. The molecule has 0 bridgehead atoms. The van der Waals surface area contributed by atoms with Crippen LogP contribution in [0.5, 0.6) is 0 Å². The van der Waals surface area contributed by atoms with E-state index in [1.807, 2.05) is 31.2 Å². The van der Waals surface area contributed by atoms with E-state index in [0.29, 0.717) is 11.1 Å². The fraction of sp³-hybridized carbons (Fsp3) is 0.300. The van der Waals surface area contributed by atoms with Gasteiger partial charge in [0.15, 0.2) is 9.84 Å². The van der Waals surface area contributed by atoms with Crippen molar-refractivity contribution < 1.29 is 18.0 Å². The van der Waals surface area contributed by atoms with Gasteiger partial charge in [0.25, 0.3) is 5.91 Å². The first-order valence-electron chi connectivity index (χ1n) is 8.59. The summed E-state index contributed by atoms with van der Waals surface area (Å²) < 4.78 is 22.9. The molecule has 0 heterocycles. The van der Waals surface area contributed by atoms with Gasteiger partial charge in [0.2, 0.25) is 5.91 Å². The molecule has 0 spiro atoms. The number of nitrogens with zero attached hydrogens (tertiary/aromatic N) is 1. The lowest BCUT2D eigenvalue weighted by Gasteiger charge is -2.18. The Balaban J connectivity index is 2.05. The number of rotatable bonds is 7. The molecule has 2 amide bonds. The number of hydrogen-bond donors (Lipinski definition) is 1. The molecule has 0 atom stereocenters. The third-order valence-corrected chi connectivity index (χ3v) is 4.86. The third kappa shape index (κ3) is 6.21. The maximum Gasteiger partial charge on any atom is 0.254 e. The number of hydrogen-bond acceptors (Lipinski definition) is 4. The van der Waals surface area contributed by atoms with Crippen LogP contribution in [-0.2, 0) is 26.8 Å². The molecule has 1 N–H and O–H groups in total. The van der Waals surface area contributed by atoms with E-state index in [2.05, 4.69) is 5.32 Å². The fourth-order valence-electron chi connectivity index (χ4n) is 2.74. The standard InChI is InChI=1S/C20H24N2O4S/c1-4-16-9-5-6-11-18(16)21-19(23)13-22(2)20(24)17-10-7-8-15(12-17)14-27(3,25)26/h5-12H,4,13-14H2,1-3H3,(H,21,23). The molecule has 2 aromatic rings. The minimum absolute atomic E-state index is 0.104. The molecule has 0 aliphatic rings. The monoisotopic (exact) mass is 388 g/mol. The summed E-state index contributed by atoms with van der Waals surface area (Å²) >= 11 is 0. The Kier molecular flexibility index (Phi) is 6.74. The number of para-hydroxylation sites is 1. The lowest BCUT2D eigenvalue weighted by molar-refractivity contribution is -0.116. The third-order valence-electron chi connectivity index (χ3n) is 4.00.